The van der Waals surface area contributed by atoms with Crippen molar-refractivity contribution in [1.82, 2.24) is 4.98 Å². The summed E-state index contributed by atoms with van der Waals surface area (Å²) >= 11 is 0. The number of esters is 1. The minimum absolute atomic E-state index is 0.392. The molecule has 1 aromatic carbocycles. The third-order valence-electron chi connectivity index (χ3n) is 2.37. The zero-order chi connectivity index (χ0) is 12.3. The Kier molecular flexibility index (Phi) is 3.05. The molecule has 4 nitrogen and oxygen atoms in total. The van der Waals surface area contributed by atoms with Crippen LogP contribution in [-0.4, -0.2) is 18.1 Å². The van der Waals surface area contributed by atoms with Gasteiger partial charge >= 0.3 is 5.97 Å². The highest BCUT2D eigenvalue weighted by molar-refractivity contribution is 5.89. The Morgan fingerprint density at radius 1 is 1.29 bits per heavy atom. The quantitative estimate of drug-likeness (QED) is 0.631. The van der Waals surface area contributed by atoms with Crippen LogP contribution in [0.15, 0.2) is 42.6 Å². The molecule has 2 aromatic rings. The number of aromatic nitrogens is 1. The van der Waals surface area contributed by atoms with Crippen LogP contribution in [0.3, 0.4) is 0 Å². The number of nitrogen functional groups attached to an aromatic ring is 1. The van der Waals surface area contributed by atoms with Gasteiger partial charge in [-0.1, -0.05) is 12.1 Å². The van der Waals surface area contributed by atoms with Gasteiger partial charge in [-0.3, -0.25) is 4.98 Å². The summed E-state index contributed by atoms with van der Waals surface area (Å²) in [5.41, 5.74) is 8.49. The summed E-state index contributed by atoms with van der Waals surface area (Å²) in [6, 6.07) is 10.9. The Hall–Kier alpha value is -2.36. The molecular weight excluding hydrogens is 216 g/mol. The predicted octanol–water partition coefficient (Wildman–Crippen LogP) is 2.12. The number of hydrogen-bond acceptors (Lipinski definition) is 4. The van der Waals surface area contributed by atoms with Gasteiger partial charge in [-0.05, 0) is 24.3 Å². The van der Waals surface area contributed by atoms with E-state index in [0.29, 0.717) is 11.3 Å². The average Bonchev–Trinajstić information content (AvgIpc) is 2.38. The lowest BCUT2D eigenvalue weighted by atomic mass is 10.1. The Morgan fingerprint density at radius 2 is 2.12 bits per heavy atom. The summed E-state index contributed by atoms with van der Waals surface area (Å²) in [5.74, 6) is -0.392. The molecule has 2 rings (SSSR count). The number of rotatable bonds is 2. The number of benzene rings is 1. The molecule has 0 bridgehead atoms. The number of anilines is 1. The average molecular weight is 228 g/mol. The van der Waals surface area contributed by atoms with E-state index in [1.54, 1.807) is 12.1 Å². The number of carbonyl (C=O) groups is 1. The lowest BCUT2D eigenvalue weighted by Gasteiger charge is -2.03. The maximum absolute atomic E-state index is 11.2. The highest BCUT2D eigenvalue weighted by Crippen LogP contribution is 2.19. The molecule has 1 heterocycles. The van der Waals surface area contributed by atoms with Crippen molar-refractivity contribution in [3.05, 3.63) is 48.2 Å². The van der Waals surface area contributed by atoms with E-state index in [1.165, 1.54) is 13.3 Å². The zero-order valence-electron chi connectivity index (χ0n) is 9.38. The Bertz CT molecular complexity index is 535. The van der Waals surface area contributed by atoms with Gasteiger partial charge in [0.15, 0.2) is 0 Å². The number of nitrogens with two attached hydrogens (primary N) is 1. The normalized spacial score (nSPS) is 9.94. The van der Waals surface area contributed by atoms with E-state index in [-0.39, 0.29) is 0 Å². The summed E-state index contributed by atoms with van der Waals surface area (Å²) in [6.45, 7) is 0. The number of carbonyl (C=O) groups excluding carboxylic acids is 1. The fourth-order valence-corrected chi connectivity index (χ4v) is 1.50. The number of ether oxygens (including phenoxy) is 1. The standard InChI is InChI=1S/C13H12N2O2/c1-17-13(16)10-5-6-12(15-8-10)9-3-2-4-11(14)7-9/h2-8H,14H2,1H3. The molecule has 0 aliphatic rings. The van der Waals surface area contributed by atoms with Crippen molar-refractivity contribution in [2.45, 2.75) is 0 Å². The van der Waals surface area contributed by atoms with E-state index < -0.39 is 5.97 Å². The van der Waals surface area contributed by atoms with E-state index >= 15 is 0 Å². The topological polar surface area (TPSA) is 65.2 Å². The third-order valence-corrected chi connectivity index (χ3v) is 2.37. The molecule has 2 N–H and O–H groups in total. The zero-order valence-corrected chi connectivity index (χ0v) is 9.38. The molecule has 0 spiro atoms. The van der Waals surface area contributed by atoms with Crippen molar-refractivity contribution >= 4 is 11.7 Å². The summed E-state index contributed by atoms with van der Waals surface area (Å²) in [4.78, 5) is 15.4. The molecule has 86 valence electrons. The second-order valence-electron chi connectivity index (χ2n) is 3.55. The van der Waals surface area contributed by atoms with Gasteiger partial charge in [0.2, 0.25) is 0 Å². The van der Waals surface area contributed by atoms with Gasteiger partial charge in [0, 0.05) is 17.4 Å². The van der Waals surface area contributed by atoms with Crippen LogP contribution < -0.4 is 5.73 Å². The molecule has 1 aromatic heterocycles. The van der Waals surface area contributed by atoms with Crippen LogP contribution in [0.2, 0.25) is 0 Å². The molecule has 0 saturated carbocycles. The van der Waals surface area contributed by atoms with Crippen molar-refractivity contribution in [2.24, 2.45) is 0 Å². The Morgan fingerprint density at radius 3 is 2.71 bits per heavy atom. The summed E-state index contributed by atoms with van der Waals surface area (Å²) in [6.07, 6.45) is 1.49. The fraction of sp³-hybridized carbons (Fsp3) is 0.0769. The number of nitrogens with zero attached hydrogens (tertiary/aromatic N) is 1. The summed E-state index contributed by atoms with van der Waals surface area (Å²) < 4.78 is 4.60. The summed E-state index contributed by atoms with van der Waals surface area (Å²) in [5, 5.41) is 0. The van der Waals surface area contributed by atoms with Crippen LogP contribution in [0.1, 0.15) is 10.4 Å². The first-order chi connectivity index (χ1) is 8.20. The molecule has 0 aliphatic heterocycles. The van der Waals surface area contributed by atoms with Crippen LogP contribution in [0.5, 0.6) is 0 Å². The lowest BCUT2D eigenvalue weighted by molar-refractivity contribution is 0.0600. The van der Waals surface area contributed by atoms with E-state index in [1.807, 2.05) is 24.3 Å². The van der Waals surface area contributed by atoms with Crippen LogP contribution in [0, 0.1) is 0 Å². The molecule has 0 aliphatic carbocycles. The van der Waals surface area contributed by atoms with Crippen molar-refractivity contribution in [3.8, 4) is 11.3 Å². The van der Waals surface area contributed by atoms with Crippen molar-refractivity contribution in [2.75, 3.05) is 12.8 Å². The molecular formula is C13H12N2O2. The maximum Gasteiger partial charge on any atom is 0.339 e. The number of methoxy groups -OCH3 is 1. The highest BCUT2D eigenvalue weighted by Gasteiger charge is 2.06. The van der Waals surface area contributed by atoms with Gasteiger partial charge in [-0.15, -0.1) is 0 Å². The van der Waals surface area contributed by atoms with E-state index in [2.05, 4.69) is 9.72 Å². The SMILES string of the molecule is COC(=O)c1ccc(-c2cccc(N)c2)nc1. The maximum atomic E-state index is 11.2. The highest BCUT2D eigenvalue weighted by atomic mass is 16.5. The van der Waals surface area contributed by atoms with Crippen molar-refractivity contribution in [1.29, 1.82) is 0 Å². The van der Waals surface area contributed by atoms with Crippen LogP contribution in [0.25, 0.3) is 11.3 Å². The minimum Gasteiger partial charge on any atom is -0.465 e. The second-order valence-corrected chi connectivity index (χ2v) is 3.55. The first-order valence-electron chi connectivity index (χ1n) is 5.11. The van der Waals surface area contributed by atoms with Gasteiger partial charge in [-0.2, -0.15) is 0 Å². The monoisotopic (exact) mass is 228 g/mol. The summed E-state index contributed by atoms with van der Waals surface area (Å²) in [7, 11) is 1.34. The van der Waals surface area contributed by atoms with Gasteiger partial charge < -0.3 is 10.5 Å². The molecule has 0 amide bonds. The van der Waals surface area contributed by atoms with Crippen LogP contribution >= 0.6 is 0 Å². The second kappa shape index (κ2) is 4.65. The molecule has 17 heavy (non-hydrogen) atoms. The minimum atomic E-state index is -0.392. The number of hydrogen-bond donors (Lipinski definition) is 1. The molecule has 0 radical (unpaired) electrons. The van der Waals surface area contributed by atoms with Crippen molar-refractivity contribution in [3.63, 3.8) is 0 Å². The van der Waals surface area contributed by atoms with Gasteiger partial charge in [-0.25, -0.2) is 4.79 Å². The largest absolute Gasteiger partial charge is 0.465 e. The lowest BCUT2D eigenvalue weighted by Crippen LogP contribution is -2.01. The predicted molar refractivity (Wildman–Crippen MR) is 65.4 cm³/mol. The number of pyridine rings is 1. The Labute approximate surface area is 99.1 Å². The van der Waals surface area contributed by atoms with Crippen LogP contribution in [0.4, 0.5) is 5.69 Å². The van der Waals surface area contributed by atoms with Gasteiger partial charge in [0.1, 0.15) is 0 Å². The Balaban J connectivity index is 2.32. The molecule has 0 fully saturated rings. The van der Waals surface area contributed by atoms with E-state index in [0.717, 1.165) is 11.3 Å². The van der Waals surface area contributed by atoms with Gasteiger partial charge in [0.05, 0.1) is 18.4 Å². The molecule has 0 atom stereocenters. The fourth-order valence-electron chi connectivity index (χ4n) is 1.50. The first kappa shape index (κ1) is 11.1. The van der Waals surface area contributed by atoms with E-state index in [9.17, 15) is 4.79 Å². The van der Waals surface area contributed by atoms with E-state index in [4.69, 9.17) is 5.73 Å². The first-order valence-corrected chi connectivity index (χ1v) is 5.11. The smallest absolute Gasteiger partial charge is 0.339 e. The molecule has 4 heteroatoms. The van der Waals surface area contributed by atoms with Crippen molar-refractivity contribution < 1.29 is 9.53 Å². The molecule has 0 saturated heterocycles. The van der Waals surface area contributed by atoms with Crippen LogP contribution in [-0.2, 0) is 4.74 Å². The molecule has 0 unspecified atom stereocenters. The third kappa shape index (κ3) is 2.42. The van der Waals surface area contributed by atoms with Gasteiger partial charge in [0.25, 0.3) is 0 Å².